The molecule has 5 heteroatoms. The molecule has 19 heavy (non-hydrogen) atoms. The zero-order valence-electron chi connectivity index (χ0n) is 12.1. The van der Waals surface area contributed by atoms with Crippen molar-refractivity contribution in [2.24, 2.45) is 11.8 Å². The molecule has 1 rings (SSSR count). The Morgan fingerprint density at radius 3 is 2.42 bits per heavy atom. The van der Waals surface area contributed by atoms with Gasteiger partial charge in [-0.05, 0) is 24.7 Å². The van der Waals surface area contributed by atoms with Crippen molar-refractivity contribution in [3.63, 3.8) is 0 Å². The third kappa shape index (κ3) is 5.19. The molecule has 5 nitrogen and oxygen atoms in total. The summed E-state index contributed by atoms with van der Waals surface area (Å²) in [4.78, 5) is 22.8. The second-order valence-corrected chi connectivity index (χ2v) is 5.88. The van der Waals surface area contributed by atoms with E-state index in [0.29, 0.717) is 5.92 Å². The zero-order chi connectivity index (χ0) is 14.4. The molecule has 1 amide bonds. The summed E-state index contributed by atoms with van der Waals surface area (Å²) in [5, 5.41) is 14.8. The van der Waals surface area contributed by atoms with Crippen molar-refractivity contribution in [2.75, 3.05) is 6.54 Å². The summed E-state index contributed by atoms with van der Waals surface area (Å²) >= 11 is 0. The topological polar surface area (TPSA) is 78.4 Å². The number of carbonyl (C=O) groups is 2. The van der Waals surface area contributed by atoms with Gasteiger partial charge in [-0.1, -0.05) is 33.6 Å². The second kappa shape index (κ2) is 7.48. The van der Waals surface area contributed by atoms with E-state index in [-0.39, 0.29) is 24.4 Å². The molecule has 0 aromatic heterocycles. The summed E-state index contributed by atoms with van der Waals surface area (Å²) in [5.41, 5.74) is 0. The molecular formula is C14H26N2O3. The smallest absolute Gasteiger partial charge is 0.320 e. The number of carbonyl (C=O) groups excluding carboxylic acids is 1. The molecule has 110 valence electrons. The minimum atomic E-state index is -0.908. The van der Waals surface area contributed by atoms with Crippen LogP contribution in [0.2, 0.25) is 0 Å². The first-order valence-electron chi connectivity index (χ1n) is 7.17. The van der Waals surface area contributed by atoms with Crippen molar-refractivity contribution in [3.05, 3.63) is 0 Å². The Hall–Kier alpha value is -1.10. The molecule has 0 saturated heterocycles. The highest BCUT2D eigenvalue weighted by Crippen LogP contribution is 2.23. The predicted molar refractivity (Wildman–Crippen MR) is 73.8 cm³/mol. The molecule has 3 N–H and O–H groups in total. The maximum absolute atomic E-state index is 11.8. The van der Waals surface area contributed by atoms with Gasteiger partial charge in [-0.25, -0.2) is 0 Å². The monoisotopic (exact) mass is 270 g/mol. The minimum absolute atomic E-state index is 0.0427. The van der Waals surface area contributed by atoms with Gasteiger partial charge in [0, 0.05) is 6.04 Å². The van der Waals surface area contributed by atoms with Crippen LogP contribution in [0.5, 0.6) is 0 Å². The van der Waals surface area contributed by atoms with Crippen LogP contribution in [0, 0.1) is 11.8 Å². The Bertz CT molecular complexity index is 318. The Kier molecular flexibility index (Phi) is 6.28. The van der Waals surface area contributed by atoms with Crippen molar-refractivity contribution in [1.29, 1.82) is 0 Å². The van der Waals surface area contributed by atoms with E-state index < -0.39 is 12.0 Å². The van der Waals surface area contributed by atoms with Crippen LogP contribution in [0.15, 0.2) is 0 Å². The van der Waals surface area contributed by atoms with Gasteiger partial charge in [0.05, 0.1) is 6.54 Å². The maximum atomic E-state index is 11.8. The number of rotatable bonds is 6. The van der Waals surface area contributed by atoms with E-state index in [4.69, 9.17) is 5.11 Å². The van der Waals surface area contributed by atoms with Crippen molar-refractivity contribution in [3.8, 4) is 0 Å². The molecule has 1 aliphatic carbocycles. The first-order valence-corrected chi connectivity index (χ1v) is 7.17. The summed E-state index contributed by atoms with van der Waals surface area (Å²) in [6.07, 6.45) is 4.58. The molecule has 0 bridgehead atoms. The number of aliphatic carboxylic acids is 1. The maximum Gasteiger partial charge on any atom is 0.320 e. The van der Waals surface area contributed by atoms with Gasteiger partial charge < -0.3 is 10.4 Å². The Morgan fingerprint density at radius 1 is 1.26 bits per heavy atom. The van der Waals surface area contributed by atoms with Gasteiger partial charge in [0.25, 0.3) is 0 Å². The largest absolute Gasteiger partial charge is 0.480 e. The average Bonchev–Trinajstić information content (AvgIpc) is 2.31. The minimum Gasteiger partial charge on any atom is -0.480 e. The Labute approximate surface area is 115 Å². The lowest BCUT2D eigenvalue weighted by Crippen LogP contribution is -2.49. The van der Waals surface area contributed by atoms with Crippen LogP contribution in [-0.2, 0) is 9.59 Å². The summed E-state index contributed by atoms with van der Waals surface area (Å²) in [6, 6.07) is -0.431. The molecule has 0 aliphatic heterocycles. The van der Waals surface area contributed by atoms with Crippen LogP contribution in [0.25, 0.3) is 0 Å². The van der Waals surface area contributed by atoms with Crippen LogP contribution in [0.4, 0.5) is 0 Å². The van der Waals surface area contributed by atoms with Gasteiger partial charge in [0.1, 0.15) is 6.04 Å². The highest BCUT2D eigenvalue weighted by Gasteiger charge is 2.24. The summed E-state index contributed by atoms with van der Waals surface area (Å²) in [6.45, 7) is 5.88. The lowest BCUT2D eigenvalue weighted by Gasteiger charge is -2.29. The van der Waals surface area contributed by atoms with Gasteiger partial charge in [-0.2, -0.15) is 0 Å². The quantitative estimate of drug-likeness (QED) is 0.681. The van der Waals surface area contributed by atoms with Crippen LogP contribution in [0.1, 0.15) is 46.5 Å². The highest BCUT2D eigenvalue weighted by molar-refractivity contribution is 5.80. The molecule has 1 fully saturated rings. The fourth-order valence-electron chi connectivity index (χ4n) is 2.60. The van der Waals surface area contributed by atoms with Crippen molar-refractivity contribution in [2.45, 2.75) is 58.5 Å². The molecule has 0 aromatic carbocycles. The predicted octanol–water partition coefficient (Wildman–Crippen LogP) is 1.38. The fourth-order valence-corrected chi connectivity index (χ4v) is 2.60. The number of amides is 1. The molecule has 0 spiro atoms. The SMILES string of the molecule is CC(C)C(NCC(=O)NC1CCCCC1C)C(=O)O. The molecule has 3 atom stereocenters. The standard InChI is InChI=1S/C14H26N2O3/c1-9(2)13(14(18)19)15-8-12(17)16-11-7-5-4-6-10(11)3/h9-11,13,15H,4-8H2,1-3H3,(H,16,17)(H,18,19). The molecule has 3 unspecified atom stereocenters. The normalized spacial score (nSPS) is 25.1. The van der Waals surface area contributed by atoms with E-state index in [0.717, 1.165) is 19.3 Å². The van der Waals surface area contributed by atoms with E-state index in [1.807, 2.05) is 13.8 Å². The van der Waals surface area contributed by atoms with Crippen LogP contribution in [0.3, 0.4) is 0 Å². The summed E-state index contributed by atoms with van der Waals surface area (Å²) < 4.78 is 0. The van der Waals surface area contributed by atoms with Gasteiger partial charge in [-0.15, -0.1) is 0 Å². The van der Waals surface area contributed by atoms with Crippen LogP contribution in [-0.4, -0.2) is 35.6 Å². The van der Waals surface area contributed by atoms with E-state index >= 15 is 0 Å². The number of nitrogens with one attached hydrogen (secondary N) is 2. The highest BCUT2D eigenvalue weighted by atomic mass is 16.4. The third-order valence-electron chi connectivity index (χ3n) is 3.87. The Balaban J connectivity index is 2.36. The van der Waals surface area contributed by atoms with E-state index in [1.54, 1.807) is 0 Å². The van der Waals surface area contributed by atoms with Gasteiger partial charge >= 0.3 is 5.97 Å². The van der Waals surface area contributed by atoms with Crippen molar-refractivity contribution >= 4 is 11.9 Å². The number of hydrogen-bond donors (Lipinski definition) is 3. The average molecular weight is 270 g/mol. The molecular weight excluding hydrogens is 244 g/mol. The van der Waals surface area contributed by atoms with Gasteiger partial charge in [0.2, 0.25) is 5.91 Å². The number of carboxylic acids is 1. The van der Waals surface area contributed by atoms with Crippen molar-refractivity contribution in [1.82, 2.24) is 10.6 Å². The number of carboxylic acid groups (broad SMARTS) is 1. The number of hydrogen-bond acceptors (Lipinski definition) is 3. The first kappa shape index (κ1) is 16.0. The summed E-state index contributed by atoms with van der Waals surface area (Å²) in [7, 11) is 0. The third-order valence-corrected chi connectivity index (χ3v) is 3.87. The Morgan fingerprint density at radius 2 is 1.89 bits per heavy atom. The molecule has 0 heterocycles. The van der Waals surface area contributed by atoms with Crippen molar-refractivity contribution < 1.29 is 14.7 Å². The molecule has 0 radical (unpaired) electrons. The van der Waals surface area contributed by atoms with Crippen LogP contribution < -0.4 is 10.6 Å². The second-order valence-electron chi connectivity index (χ2n) is 5.88. The fraction of sp³-hybridized carbons (Fsp3) is 0.857. The summed E-state index contributed by atoms with van der Waals surface area (Å²) in [5.74, 6) is -0.545. The first-order chi connectivity index (χ1) is 8.91. The zero-order valence-corrected chi connectivity index (χ0v) is 12.1. The van der Waals surface area contributed by atoms with E-state index in [2.05, 4.69) is 17.6 Å². The molecule has 1 saturated carbocycles. The van der Waals surface area contributed by atoms with Crippen LogP contribution >= 0.6 is 0 Å². The lowest BCUT2D eigenvalue weighted by molar-refractivity contribution is -0.140. The molecule has 1 aliphatic rings. The van der Waals surface area contributed by atoms with Gasteiger partial charge in [0.15, 0.2) is 0 Å². The van der Waals surface area contributed by atoms with Gasteiger partial charge in [-0.3, -0.25) is 14.9 Å². The molecule has 0 aromatic rings. The van der Waals surface area contributed by atoms with E-state index in [1.165, 1.54) is 6.42 Å². The lowest BCUT2D eigenvalue weighted by atomic mass is 9.86. The van der Waals surface area contributed by atoms with E-state index in [9.17, 15) is 9.59 Å².